The highest BCUT2D eigenvalue weighted by molar-refractivity contribution is 5.54. The fraction of sp³-hybridized carbons (Fsp3) is 0.688. The quantitative estimate of drug-likeness (QED) is 0.921. The molecule has 2 N–H and O–H groups in total. The summed E-state index contributed by atoms with van der Waals surface area (Å²) in [4.78, 5) is 7.01. The van der Waals surface area contributed by atoms with Crippen LogP contribution in [0.2, 0.25) is 0 Å². The van der Waals surface area contributed by atoms with E-state index in [1.54, 1.807) is 0 Å². The highest BCUT2D eigenvalue weighted by atomic mass is 16.5. The number of hydrogen-bond donors (Lipinski definition) is 1. The maximum Gasteiger partial charge on any atom is 0.239 e. The normalized spacial score (nSPS) is 26.1. The van der Waals surface area contributed by atoms with Crippen LogP contribution in [-0.4, -0.2) is 24.7 Å². The van der Waals surface area contributed by atoms with Crippen molar-refractivity contribution in [3.05, 3.63) is 12.1 Å². The van der Waals surface area contributed by atoms with Gasteiger partial charge in [-0.1, -0.05) is 19.3 Å². The van der Waals surface area contributed by atoms with Gasteiger partial charge in [0, 0.05) is 13.1 Å². The first kappa shape index (κ1) is 13.5. The summed E-state index contributed by atoms with van der Waals surface area (Å²) >= 11 is 0. The van der Waals surface area contributed by atoms with Crippen LogP contribution in [0.3, 0.4) is 0 Å². The Hall–Kier alpha value is -1.45. The summed E-state index contributed by atoms with van der Waals surface area (Å²) in [6.07, 6.45) is 6.94. The van der Waals surface area contributed by atoms with Crippen LogP contribution < -0.4 is 15.4 Å². The molecule has 1 saturated carbocycles. The second-order valence-electron chi connectivity index (χ2n) is 6.04. The van der Waals surface area contributed by atoms with Gasteiger partial charge in [-0.2, -0.15) is 4.98 Å². The predicted octanol–water partition coefficient (Wildman–Crippen LogP) is 3.08. The van der Waals surface area contributed by atoms with Crippen LogP contribution in [0.25, 0.3) is 0 Å². The van der Waals surface area contributed by atoms with Gasteiger partial charge >= 0.3 is 0 Å². The minimum atomic E-state index is 0.579. The molecule has 1 aromatic rings. The maximum atomic E-state index is 5.91. The average molecular weight is 275 g/mol. The van der Waals surface area contributed by atoms with Gasteiger partial charge in [0.05, 0.1) is 12.3 Å². The van der Waals surface area contributed by atoms with E-state index >= 15 is 0 Å². The SMILES string of the molecule is CCOc1nc(N2CCC3CCCCC3C2)ccc1N. The van der Waals surface area contributed by atoms with Crippen LogP contribution in [0.1, 0.15) is 39.0 Å². The van der Waals surface area contributed by atoms with Gasteiger partial charge in [-0.15, -0.1) is 0 Å². The molecule has 0 aromatic carbocycles. The second kappa shape index (κ2) is 5.90. The van der Waals surface area contributed by atoms with Crippen LogP contribution in [0.5, 0.6) is 5.88 Å². The number of nitrogens with two attached hydrogens (primary N) is 1. The van der Waals surface area contributed by atoms with Crippen LogP contribution in [0.15, 0.2) is 12.1 Å². The minimum Gasteiger partial charge on any atom is -0.476 e. The molecule has 0 radical (unpaired) electrons. The minimum absolute atomic E-state index is 0.579. The summed E-state index contributed by atoms with van der Waals surface area (Å²) in [6, 6.07) is 3.95. The lowest BCUT2D eigenvalue weighted by Crippen LogP contribution is -2.42. The molecule has 2 heterocycles. The first-order valence-electron chi connectivity index (χ1n) is 7.92. The molecule has 0 spiro atoms. The van der Waals surface area contributed by atoms with Crippen molar-refractivity contribution in [3.8, 4) is 5.88 Å². The number of hydrogen-bond acceptors (Lipinski definition) is 4. The lowest BCUT2D eigenvalue weighted by atomic mass is 9.75. The molecule has 110 valence electrons. The lowest BCUT2D eigenvalue weighted by molar-refractivity contribution is 0.202. The maximum absolute atomic E-state index is 5.91. The average Bonchev–Trinajstić information content (AvgIpc) is 2.49. The number of nitrogens with zero attached hydrogens (tertiary/aromatic N) is 2. The highest BCUT2D eigenvalue weighted by Crippen LogP contribution is 2.37. The van der Waals surface area contributed by atoms with Gasteiger partial charge in [0.1, 0.15) is 5.82 Å². The Balaban J connectivity index is 1.74. The molecule has 0 amide bonds. The fourth-order valence-corrected chi connectivity index (χ4v) is 3.68. The topological polar surface area (TPSA) is 51.4 Å². The zero-order valence-electron chi connectivity index (χ0n) is 12.3. The Morgan fingerprint density at radius 3 is 2.85 bits per heavy atom. The van der Waals surface area contributed by atoms with Gasteiger partial charge in [-0.05, 0) is 43.7 Å². The van der Waals surface area contributed by atoms with Crippen LogP contribution in [0, 0.1) is 11.8 Å². The predicted molar refractivity (Wildman–Crippen MR) is 82.1 cm³/mol. The van der Waals surface area contributed by atoms with Gasteiger partial charge in [-0.25, -0.2) is 0 Å². The van der Waals surface area contributed by atoms with Crippen molar-refractivity contribution in [2.45, 2.75) is 39.0 Å². The smallest absolute Gasteiger partial charge is 0.239 e. The monoisotopic (exact) mass is 275 g/mol. The molecule has 1 saturated heterocycles. The van der Waals surface area contributed by atoms with Crippen molar-refractivity contribution in [3.63, 3.8) is 0 Å². The molecular weight excluding hydrogens is 250 g/mol. The number of anilines is 2. The van der Waals surface area contributed by atoms with Gasteiger partial charge in [-0.3, -0.25) is 0 Å². The van der Waals surface area contributed by atoms with E-state index in [9.17, 15) is 0 Å². The number of fused-ring (bicyclic) bond motifs is 1. The molecule has 20 heavy (non-hydrogen) atoms. The number of pyridine rings is 1. The number of nitrogen functional groups attached to an aromatic ring is 1. The third-order valence-electron chi connectivity index (χ3n) is 4.77. The van der Waals surface area contributed by atoms with Crippen molar-refractivity contribution in [1.29, 1.82) is 0 Å². The molecule has 2 fully saturated rings. The van der Waals surface area contributed by atoms with Crippen molar-refractivity contribution in [2.75, 3.05) is 30.3 Å². The number of piperidine rings is 1. The van der Waals surface area contributed by atoms with Gasteiger partial charge in [0.25, 0.3) is 0 Å². The summed E-state index contributed by atoms with van der Waals surface area (Å²) in [7, 11) is 0. The van der Waals surface area contributed by atoms with E-state index in [1.165, 1.54) is 32.1 Å². The zero-order chi connectivity index (χ0) is 13.9. The first-order valence-corrected chi connectivity index (χ1v) is 7.92. The number of rotatable bonds is 3. The summed E-state index contributed by atoms with van der Waals surface area (Å²) in [5.74, 6) is 3.40. The Bertz CT molecular complexity index is 463. The molecule has 0 bridgehead atoms. The molecular formula is C16H25N3O. The Labute approximate surface area is 121 Å². The van der Waals surface area contributed by atoms with E-state index in [4.69, 9.17) is 10.5 Å². The summed E-state index contributed by atoms with van der Waals surface area (Å²) < 4.78 is 5.51. The van der Waals surface area contributed by atoms with Crippen LogP contribution in [-0.2, 0) is 0 Å². The molecule has 1 aliphatic carbocycles. The van der Waals surface area contributed by atoms with Crippen LogP contribution >= 0.6 is 0 Å². The molecule has 2 unspecified atom stereocenters. The Morgan fingerprint density at radius 1 is 1.25 bits per heavy atom. The van der Waals surface area contributed by atoms with Crippen molar-refractivity contribution in [2.24, 2.45) is 11.8 Å². The number of aromatic nitrogens is 1. The van der Waals surface area contributed by atoms with E-state index in [0.717, 1.165) is 30.7 Å². The molecule has 2 aliphatic rings. The number of ether oxygens (including phenoxy) is 1. The van der Waals surface area contributed by atoms with E-state index in [0.29, 0.717) is 18.2 Å². The van der Waals surface area contributed by atoms with Gasteiger partial charge in [0.2, 0.25) is 5.88 Å². The lowest BCUT2D eigenvalue weighted by Gasteiger charge is -2.41. The second-order valence-corrected chi connectivity index (χ2v) is 6.04. The van der Waals surface area contributed by atoms with Crippen molar-refractivity contribution >= 4 is 11.5 Å². The van der Waals surface area contributed by atoms with E-state index in [1.807, 2.05) is 19.1 Å². The first-order chi connectivity index (χ1) is 9.78. The van der Waals surface area contributed by atoms with Crippen molar-refractivity contribution < 1.29 is 4.74 Å². The van der Waals surface area contributed by atoms with E-state index < -0.39 is 0 Å². The summed E-state index contributed by atoms with van der Waals surface area (Å²) in [6.45, 7) is 4.82. The molecule has 3 rings (SSSR count). The largest absolute Gasteiger partial charge is 0.476 e. The third-order valence-corrected chi connectivity index (χ3v) is 4.77. The summed E-state index contributed by atoms with van der Waals surface area (Å²) in [5.41, 5.74) is 6.53. The van der Waals surface area contributed by atoms with E-state index in [2.05, 4.69) is 9.88 Å². The van der Waals surface area contributed by atoms with Crippen molar-refractivity contribution in [1.82, 2.24) is 4.98 Å². The fourth-order valence-electron chi connectivity index (χ4n) is 3.68. The van der Waals surface area contributed by atoms with Gasteiger partial charge < -0.3 is 15.4 Å². The Morgan fingerprint density at radius 2 is 2.05 bits per heavy atom. The molecule has 4 heteroatoms. The molecule has 1 aliphatic heterocycles. The Kier molecular flexibility index (Phi) is 3.99. The molecule has 2 atom stereocenters. The summed E-state index contributed by atoms with van der Waals surface area (Å²) in [5, 5.41) is 0. The zero-order valence-corrected chi connectivity index (χ0v) is 12.3. The highest BCUT2D eigenvalue weighted by Gasteiger charge is 2.31. The standard InChI is InChI=1S/C16H25N3O/c1-2-20-16-14(17)7-8-15(18-16)19-10-9-12-5-3-4-6-13(12)11-19/h7-8,12-13H,2-6,9-11,17H2,1H3. The van der Waals surface area contributed by atoms with Crippen LogP contribution in [0.4, 0.5) is 11.5 Å². The third kappa shape index (κ3) is 2.69. The van der Waals surface area contributed by atoms with Gasteiger partial charge in [0.15, 0.2) is 0 Å². The molecule has 1 aromatic heterocycles. The van der Waals surface area contributed by atoms with E-state index in [-0.39, 0.29) is 0 Å². The molecule has 4 nitrogen and oxygen atoms in total.